The molecule has 1 saturated heterocycles. The van der Waals surface area contributed by atoms with Crippen LogP contribution in [0, 0.1) is 41.5 Å². The number of aryl methyl sites for hydroxylation is 4. The lowest BCUT2D eigenvalue weighted by molar-refractivity contribution is 0.00578. The molecule has 0 N–H and O–H groups in total. The van der Waals surface area contributed by atoms with E-state index in [-0.39, 0.29) is 18.3 Å². The Morgan fingerprint density at radius 3 is 0.857 bits per heavy atom. The molecule has 0 bridgehead atoms. The van der Waals surface area contributed by atoms with Crippen molar-refractivity contribution in [3.05, 3.63) is 378 Å². The maximum Gasteiger partial charge on any atom is 0.494 e. The third-order valence-electron chi connectivity index (χ3n) is 22.0. The summed E-state index contributed by atoms with van der Waals surface area (Å²) in [6.45, 7) is 20.3. The van der Waals surface area contributed by atoms with Crippen molar-refractivity contribution in [1.29, 1.82) is 0 Å². The third-order valence-corrected chi connectivity index (χ3v) is 28.8. The van der Waals surface area contributed by atoms with Gasteiger partial charge in [0.15, 0.2) is 14.3 Å². The Kier molecular flexibility index (Phi) is 21.9. The second-order valence-corrected chi connectivity index (χ2v) is 36.0. The number of aromatic nitrogens is 4. The van der Waals surface area contributed by atoms with Gasteiger partial charge in [-0.1, -0.05) is 350 Å². The van der Waals surface area contributed by atoms with E-state index in [0.717, 1.165) is 126 Å². The highest BCUT2D eigenvalue weighted by atomic mass is 79.9. The molecule has 0 spiro atoms. The molecule has 112 heavy (non-hydrogen) atoms. The summed E-state index contributed by atoms with van der Waals surface area (Å²) >= 11 is 3.68. The van der Waals surface area contributed by atoms with E-state index >= 15 is 0 Å². The van der Waals surface area contributed by atoms with Crippen molar-refractivity contribution in [2.45, 2.75) is 80.4 Å². The Balaban J connectivity index is 0.000000142. The number of nitrogens with zero attached hydrogens (tertiary/aromatic N) is 4. The van der Waals surface area contributed by atoms with Gasteiger partial charge in [-0.15, -0.1) is 0 Å². The summed E-state index contributed by atoms with van der Waals surface area (Å²) in [5.74, 6) is 1.59. The highest BCUT2D eigenvalue weighted by Gasteiger charge is 2.51. The van der Waals surface area contributed by atoms with E-state index in [9.17, 15) is 9.13 Å². The first kappa shape index (κ1) is 76.1. The van der Waals surface area contributed by atoms with Gasteiger partial charge in [0.25, 0.3) is 0 Å². The van der Waals surface area contributed by atoms with E-state index < -0.39 is 14.3 Å². The molecule has 1 aliphatic rings. The van der Waals surface area contributed by atoms with Gasteiger partial charge in [0, 0.05) is 58.8 Å². The molecule has 3 heterocycles. The lowest BCUT2D eigenvalue weighted by Crippen LogP contribution is -2.41. The second kappa shape index (κ2) is 32.2. The van der Waals surface area contributed by atoms with E-state index in [1.807, 2.05) is 173 Å². The molecule has 8 nitrogen and oxygen atoms in total. The standard InChI is InChI=1S/C47H37N2OP.C34H24BrOP.C19H25BN2O2/c1-32-33(2)48-34(3)49-47(32)39-24-22-38(23-25-39)44-31-30-43(45-16-10-11-17-46(44)45)37-20-18-35(19-21-37)36-26-28-42(29-27-36)51(50,40-12-6-4-7-13-40)41-14-8-5-9-15-41;35-34-24-23-31(32-13-7-8-14-33(32)34)27-17-15-25(16-18-27)26-19-21-30(22-20-26)37(36,28-9-3-1-4-10-28)29-11-5-2-6-12-29;1-12-13(2)21-14(3)22-17(12)15-8-10-16(11-9-15)20-23-18(4,5)19(6,7)24-20/h4-31H,1-3H3;1-24H;8-11H,1-7H3. The van der Waals surface area contributed by atoms with Crippen LogP contribution in [0.5, 0.6) is 0 Å². The molecule has 0 atom stereocenters. The number of benzene rings is 14. The summed E-state index contributed by atoms with van der Waals surface area (Å²) in [5.41, 5.74) is 20.4. The molecule has 0 radical (unpaired) electrons. The predicted molar refractivity (Wildman–Crippen MR) is 474 cm³/mol. The van der Waals surface area contributed by atoms with E-state index in [4.69, 9.17) is 14.3 Å². The molecule has 14 aromatic carbocycles. The largest absolute Gasteiger partial charge is 0.494 e. The van der Waals surface area contributed by atoms with Gasteiger partial charge < -0.3 is 18.4 Å². The Hall–Kier alpha value is -11.3. The summed E-state index contributed by atoms with van der Waals surface area (Å²) in [7, 11) is -6.31. The SMILES string of the molecule is Cc1nc(C)c(C)c(-c2ccc(-c3ccc(-c4ccc(-c5ccc(P(=O)(c6ccccc6)c6ccccc6)cc5)cc4)c4ccccc34)cc2)n1.Cc1nc(C)c(C)c(-c2ccc(B3OC(C)(C)C(C)(C)O3)cc2)n1.O=P(c1ccccc1)(c1ccccc1)c1ccc(-c2ccc(-c3ccc(Br)c4ccccc34)cc2)cc1. The van der Waals surface area contributed by atoms with Gasteiger partial charge in [-0.05, 0) is 169 Å². The highest BCUT2D eigenvalue weighted by molar-refractivity contribution is 9.10. The monoisotopic (exact) mass is 1560 g/mol. The third kappa shape index (κ3) is 15.3. The molecule has 550 valence electrons. The molecule has 0 saturated carbocycles. The van der Waals surface area contributed by atoms with Crippen LogP contribution in [-0.4, -0.2) is 38.3 Å². The van der Waals surface area contributed by atoms with Crippen molar-refractivity contribution in [1.82, 2.24) is 19.9 Å². The van der Waals surface area contributed by atoms with Gasteiger partial charge in [0.2, 0.25) is 0 Å². The minimum Gasteiger partial charge on any atom is -0.399 e. The lowest BCUT2D eigenvalue weighted by Gasteiger charge is -2.32. The fourth-order valence-electron chi connectivity index (χ4n) is 14.9. The average Bonchev–Trinajstić information content (AvgIpc) is 1.24. The Morgan fingerprint density at radius 2 is 0.527 bits per heavy atom. The summed E-state index contributed by atoms with van der Waals surface area (Å²) < 4.78 is 42.7. The number of rotatable bonds is 14. The van der Waals surface area contributed by atoms with Crippen molar-refractivity contribution in [2.75, 3.05) is 0 Å². The minimum atomic E-state index is -3.01. The zero-order chi connectivity index (χ0) is 77.9. The van der Waals surface area contributed by atoms with Crippen LogP contribution in [0.1, 0.15) is 61.9 Å². The van der Waals surface area contributed by atoms with Crippen LogP contribution in [0.15, 0.2) is 344 Å². The van der Waals surface area contributed by atoms with E-state index in [1.165, 1.54) is 49.4 Å². The van der Waals surface area contributed by atoms with Crippen LogP contribution in [0.3, 0.4) is 0 Å². The molecule has 12 heteroatoms. The molecule has 16 aromatic rings. The fraction of sp³-hybridized carbons (Fsp3) is 0.120. The Bertz CT molecular complexity index is 6070. The smallest absolute Gasteiger partial charge is 0.399 e. The van der Waals surface area contributed by atoms with Gasteiger partial charge in [-0.3, -0.25) is 0 Å². The van der Waals surface area contributed by atoms with Crippen molar-refractivity contribution >= 4 is 96.2 Å². The Labute approximate surface area is 666 Å². The molecule has 0 unspecified atom stereocenters. The van der Waals surface area contributed by atoms with Gasteiger partial charge >= 0.3 is 7.12 Å². The summed E-state index contributed by atoms with van der Waals surface area (Å²) in [6, 6.07) is 116. The van der Waals surface area contributed by atoms with Gasteiger partial charge in [-0.2, -0.15) is 0 Å². The first-order chi connectivity index (χ1) is 54.1. The maximum atomic E-state index is 14.8. The number of fused-ring (bicyclic) bond motifs is 2. The molecule has 1 fully saturated rings. The maximum absolute atomic E-state index is 14.8. The van der Waals surface area contributed by atoms with Crippen molar-refractivity contribution < 1.29 is 18.4 Å². The van der Waals surface area contributed by atoms with Crippen LogP contribution in [0.2, 0.25) is 0 Å². The topological polar surface area (TPSA) is 104 Å². The summed E-state index contributed by atoms with van der Waals surface area (Å²) in [6.07, 6.45) is 0. The van der Waals surface area contributed by atoms with E-state index in [0.29, 0.717) is 0 Å². The Morgan fingerprint density at radius 1 is 0.277 bits per heavy atom. The summed E-state index contributed by atoms with van der Waals surface area (Å²) in [4.78, 5) is 18.3. The lowest BCUT2D eigenvalue weighted by atomic mass is 9.78. The van der Waals surface area contributed by atoms with Gasteiger partial charge in [0.1, 0.15) is 11.6 Å². The molecule has 1 aliphatic heterocycles. The first-order valence-corrected chi connectivity index (χ1v) is 42.1. The van der Waals surface area contributed by atoms with Crippen LogP contribution in [-0.2, 0) is 18.4 Å². The fourth-order valence-corrected chi connectivity index (χ4v) is 20.6. The normalized spacial score (nSPS) is 13.1. The quantitative estimate of drug-likeness (QED) is 0.0783. The van der Waals surface area contributed by atoms with Gasteiger partial charge in [-0.25, -0.2) is 19.9 Å². The zero-order valence-electron chi connectivity index (χ0n) is 64.6. The van der Waals surface area contributed by atoms with Crippen LogP contribution >= 0.6 is 30.2 Å². The molecule has 0 aliphatic carbocycles. The first-order valence-electron chi connectivity index (χ1n) is 37.9. The van der Waals surface area contributed by atoms with Gasteiger partial charge in [0.05, 0.1) is 22.6 Å². The molecular formula is C100H86BBrN4O4P2. The predicted octanol–water partition coefficient (Wildman–Crippen LogP) is 22.8. The van der Waals surface area contributed by atoms with Crippen LogP contribution < -0.4 is 37.3 Å². The van der Waals surface area contributed by atoms with E-state index in [2.05, 4.69) is 267 Å². The number of halogens is 1. The number of hydrogen-bond donors (Lipinski definition) is 0. The van der Waals surface area contributed by atoms with Crippen molar-refractivity contribution in [3.63, 3.8) is 0 Å². The molecule has 17 rings (SSSR count). The van der Waals surface area contributed by atoms with Crippen molar-refractivity contribution in [3.8, 4) is 78.1 Å². The molecule has 2 aromatic heterocycles. The van der Waals surface area contributed by atoms with Crippen molar-refractivity contribution in [2.24, 2.45) is 0 Å². The average molecular weight is 1560 g/mol. The van der Waals surface area contributed by atoms with Crippen LogP contribution in [0.25, 0.3) is 99.7 Å². The zero-order valence-corrected chi connectivity index (χ0v) is 68.0. The van der Waals surface area contributed by atoms with Crippen LogP contribution in [0.4, 0.5) is 0 Å². The second-order valence-electron chi connectivity index (χ2n) is 29.6. The minimum absolute atomic E-state index is 0.326. The molecule has 0 amide bonds. The van der Waals surface area contributed by atoms with E-state index in [1.54, 1.807) is 0 Å². The highest BCUT2D eigenvalue weighted by Crippen LogP contribution is 2.46. The molecular weight excluding hydrogens is 1470 g/mol. The summed E-state index contributed by atoms with van der Waals surface area (Å²) in [5, 5.41) is 9.91. The number of hydrogen-bond acceptors (Lipinski definition) is 8.